The molecular weight excluding hydrogens is 281 g/mol. The van der Waals surface area contributed by atoms with Crippen molar-refractivity contribution in [1.82, 2.24) is 0 Å². The molecule has 0 saturated carbocycles. The second kappa shape index (κ2) is 6.01. The molecule has 1 unspecified atom stereocenters. The van der Waals surface area contributed by atoms with E-state index >= 15 is 0 Å². The zero-order valence-corrected chi connectivity index (χ0v) is 11.5. The van der Waals surface area contributed by atoms with Gasteiger partial charge in [-0.05, 0) is 37.5 Å². The molecule has 0 bridgehead atoms. The van der Waals surface area contributed by atoms with Gasteiger partial charge >= 0.3 is 6.18 Å². The lowest BCUT2D eigenvalue weighted by atomic mass is 9.90. The van der Waals surface area contributed by atoms with Crippen molar-refractivity contribution in [2.75, 3.05) is 7.11 Å². The molecule has 0 amide bonds. The van der Waals surface area contributed by atoms with Crippen molar-refractivity contribution in [3.63, 3.8) is 0 Å². The molecule has 0 saturated heterocycles. The van der Waals surface area contributed by atoms with E-state index in [0.717, 1.165) is 0 Å². The first-order chi connectivity index (χ1) is 8.65. The number of methoxy groups -OCH3 is 1. The summed E-state index contributed by atoms with van der Waals surface area (Å²) >= 11 is 5.86. The Kier molecular flexibility index (Phi) is 5.10. The van der Waals surface area contributed by atoms with E-state index in [1.807, 2.05) is 0 Å². The Morgan fingerprint density at radius 3 is 2.42 bits per heavy atom. The Bertz CT molecular complexity index is 430. The molecule has 19 heavy (non-hydrogen) atoms. The van der Waals surface area contributed by atoms with Gasteiger partial charge in [-0.25, -0.2) is 0 Å². The molecule has 1 atom stereocenters. The van der Waals surface area contributed by atoms with Crippen LogP contribution in [0.1, 0.15) is 31.7 Å². The highest BCUT2D eigenvalue weighted by molar-refractivity contribution is 6.32. The van der Waals surface area contributed by atoms with Crippen LogP contribution in [0.15, 0.2) is 18.2 Å². The summed E-state index contributed by atoms with van der Waals surface area (Å²) in [4.78, 5) is 0. The SMILES string of the molecule is COc1cc(C(C)(O)CCCC(F)(F)F)ccc1Cl. The molecule has 0 fully saturated rings. The third-order valence-corrected chi connectivity index (χ3v) is 3.21. The molecule has 1 aromatic rings. The predicted molar refractivity (Wildman–Crippen MR) is 67.5 cm³/mol. The number of halogens is 4. The van der Waals surface area contributed by atoms with Gasteiger partial charge in [0.15, 0.2) is 0 Å². The van der Waals surface area contributed by atoms with Crippen LogP contribution in [0.3, 0.4) is 0 Å². The van der Waals surface area contributed by atoms with Gasteiger partial charge in [0.2, 0.25) is 0 Å². The molecule has 0 aliphatic rings. The molecule has 0 aliphatic heterocycles. The highest BCUT2D eigenvalue weighted by Crippen LogP contribution is 2.34. The van der Waals surface area contributed by atoms with Crippen molar-refractivity contribution < 1.29 is 23.0 Å². The van der Waals surface area contributed by atoms with Crippen LogP contribution in [0.5, 0.6) is 5.75 Å². The lowest BCUT2D eigenvalue weighted by Gasteiger charge is -2.24. The van der Waals surface area contributed by atoms with Crippen molar-refractivity contribution in [3.05, 3.63) is 28.8 Å². The second-order valence-corrected chi connectivity index (χ2v) is 5.00. The Morgan fingerprint density at radius 2 is 1.89 bits per heavy atom. The summed E-state index contributed by atoms with van der Waals surface area (Å²) < 4.78 is 41.3. The lowest BCUT2D eigenvalue weighted by molar-refractivity contribution is -0.137. The van der Waals surface area contributed by atoms with Crippen molar-refractivity contribution in [2.45, 2.75) is 38.0 Å². The van der Waals surface area contributed by atoms with Crippen molar-refractivity contribution in [1.29, 1.82) is 0 Å². The van der Waals surface area contributed by atoms with E-state index in [-0.39, 0.29) is 12.8 Å². The van der Waals surface area contributed by atoms with Crippen LogP contribution < -0.4 is 4.74 Å². The molecule has 6 heteroatoms. The van der Waals surface area contributed by atoms with Crippen LogP contribution in [0, 0.1) is 0 Å². The van der Waals surface area contributed by atoms with Crippen molar-refractivity contribution >= 4 is 11.6 Å². The highest BCUT2D eigenvalue weighted by Gasteiger charge is 2.30. The van der Waals surface area contributed by atoms with Crippen LogP contribution in [0.25, 0.3) is 0 Å². The summed E-state index contributed by atoms with van der Waals surface area (Å²) in [6.45, 7) is 1.48. The van der Waals surface area contributed by atoms with Gasteiger partial charge in [0.25, 0.3) is 0 Å². The molecule has 1 aromatic carbocycles. The Morgan fingerprint density at radius 1 is 1.26 bits per heavy atom. The molecule has 1 N–H and O–H groups in total. The first kappa shape index (κ1) is 16.1. The van der Waals surface area contributed by atoms with Gasteiger partial charge in [0, 0.05) is 6.42 Å². The molecule has 2 nitrogen and oxygen atoms in total. The molecule has 0 radical (unpaired) electrons. The molecule has 0 aliphatic carbocycles. The largest absolute Gasteiger partial charge is 0.495 e. The quantitative estimate of drug-likeness (QED) is 0.878. The first-order valence-electron chi connectivity index (χ1n) is 5.79. The molecule has 0 heterocycles. The number of ether oxygens (including phenoxy) is 1. The normalized spacial score (nSPS) is 15.1. The number of rotatable bonds is 5. The fraction of sp³-hybridized carbons (Fsp3) is 0.538. The molecule has 1 rings (SSSR count). The topological polar surface area (TPSA) is 29.5 Å². The zero-order valence-electron chi connectivity index (χ0n) is 10.7. The minimum absolute atomic E-state index is 0.0112. The predicted octanol–water partition coefficient (Wildman–Crippen LogP) is 4.29. The number of benzene rings is 1. The average Bonchev–Trinajstić information content (AvgIpc) is 2.27. The standard InChI is InChI=1S/C13H16ClF3O2/c1-12(18,6-3-7-13(15,16)17)9-4-5-10(14)11(8-9)19-2/h4-5,8,18H,3,6-7H2,1-2H3. The van der Waals surface area contributed by atoms with Crippen LogP contribution in [0.2, 0.25) is 5.02 Å². The minimum Gasteiger partial charge on any atom is -0.495 e. The summed E-state index contributed by atoms with van der Waals surface area (Å²) in [6, 6.07) is 4.67. The van der Waals surface area contributed by atoms with Gasteiger partial charge in [0.1, 0.15) is 5.75 Å². The molecular formula is C13H16ClF3O2. The monoisotopic (exact) mass is 296 g/mol. The van der Waals surface area contributed by atoms with Gasteiger partial charge in [-0.1, -0.05) is 17.7 Å². The van der Waals surface area contributed by atoms with Crippen LogP contribution in [0.4, 0.5) is 13.2 Å². The third-order valence-electron chi connectivity index (χ3n) is 2.90. The Labute approximate surface area is 115 Å². The number of hydrogen-bond acceptors (Lipinski definition) is 2. The van der Waals surface area contributed by atoms with E-state index < -0.39 is 18.2 Å². The maximum atomic E-state index is 12.1. The van der Waals surface area contributed by atoms with Crippen LogP contribution in [-0.2, 0) is 5.60 Å². The van der Waals surface area contributed by atoms with Crippen LogP contribution in [-0.4, -0.2) is 18.4 Å². The maximum Gasteiger partial charge on any atom is 0.389 e. The van der Waals surface area contributed by atoms with E-state index in [9.17, 15) is 18.3 Å². The number of aliphatic hydroxyl groups is 1. The van der Waals surface area contributed by atoms with Gasteiger partial charge in [-0.3, -0.25) is 0 Å². The first-order valence-corrected chi connectivity index (χ1v) is 6.17. The number of alkyl halides is 3. The van der Waals surface area contributed by atoms with Crippen molar-refractivity contribution in [3.8, 4) is 5.75 Å². The van der Waals surface area contributed by atoms with Gasteiger partial charge in [-0.2, -0.15) is 13.2 Å². The van der Waals surface area contributed by atoms with E-state index in [2.05, 4.69) is 0 Å². The minimum atomic E-state index is -4.20. The Balaban J connectivity index is 2.76. The zero-order chi connectivity index (χ0) is 14.7. The smallest absolute Gasteiger partial charge is 0.389 e. The summed E-state index contributed by atoms with van der Waals surface area (Å²) in [5, 5.41) is 10.6. The van der Waals surface area contributed by atoms with Crippen molar-refractivity contribution in [2.24, 2.45) is 0 Å². The van der Waals surface area contributed by atoms with Gasteiger partial charge in [-0.15, -0.1) is 0 Å². The maximum absolute atomic E-state index is 12.1. The summed E-state index contributed by atoms with van der Waals surface area (Å²) in [5.41, 5.74) is -0.862. The van der Waals surface area contributed by atoms with Gasteiger partial charge in [0.05, 0.1) is 17.7 Å². The summed E-state index contributed by atoms with van der Waals surface area (Å²) in [6.07, 6.45) is -5.24. The third kappa shape index (κ3) is 4.91. The van der Waals surface area contributed by atoms with E-state index in [1.165, 1.54) is 20.1 Å². The number of hydrogen-bond donors (Lipinski definition) is 1. The fourth-order valence-electron chi connectivity index (χ4n) is 1.77. The van der Waals surface area contributed by atoms with E-state index in [0.29, 0.717) is 16.3 Å². The van der Waals surface area contributed by atoms with Crippen LogP contribution >= 0.6 is 11.6 Å². The van der Waals surface area contributed by atoms with E-state index in [1.54, 1.807) is 12.1 Å². The van der Waals surface area contributed by atoms with Gasteiger partial charge < -0.3 is 9.84 Å². The fourth-order valence-corrected chi connectivity index (χ4v) is 1.97. The molecule has 0 spiro atoms. The van der Waals surface area contributed by atoms with E-state index in [4.69, 9.17) is 16.3 Å². The molecule has 108 valence electrons. The highest BCUT2D eigenvalue weighted by atomic mass is 35.5. The Hall–Kier alpha value is -0.940. The summed E-state index contributed by atoms with van der Waals surface area (Å²) in [7, 11) is 1.43. The molecule has 0 aromatic heterocycles. The average molecular weight is 297 g/mol. The second-order valence-electron chi connectivity index (χ2n) is 4.59. The summed E-state index contributed by atoms with van der Waals surface area (Å²) in [5.74, 6) is 0.385. The lowest BCUT2D eigenvalue weighted by Crippen LogP contribution is -2.22.